The molecule has 0 N–H and O–H groups in total. The molecule has 1 rings (SSSR count). The minimum absolute atomic E-state index is 0.0280. The van der Waals surface area contributed by atoms with E-state index < -0.39 is 5.97 Å². The average molecular weight is 300 g/mol. The Labute approximate surface area is 133 Å². The Morgan fingerprint density at radius 3 is 2.50 bits per heavy atom. The van der Waals surface area contributed by atoms with Gasteiger partial charge in [-0.3, -0.25) is 0 Å². The average Bonchev–Trinajstić information content (AvgIpc) is 2.52. The van der Waals surface area contributed by atoms with Crippen molar-refractivity contribution in [2.24, 2.45) is 5.92 Å². The van der Waals surface area contributed by atoms with E-state index in [0.29, 0.717) is 6.61 Å². The summed E-state index contributed by atoms with van der Waals surface area (Å²) < 4.78 is 5.14. The summed E-state index contributed by atoms with van der Waals surface area (Å²) in [5.74, 6) is -0.322. The highest BCUT2D eigenvalue weighted by atomic mass is 16.5. The molecule has 4 heteroatoms. The van der Waals surface area contributed by atoms with Crippen molar-refractivity contribution in [2.45, 2.75) is 27.7 Å². The van der Waals surface area contributed by atoms with Crippen LogP contribution in [-0.2, 0) is 9.53 Å². The smallest absolute Gasteiger partial charge is 0.348 e. The first-order valence-electron chi connectivity index (χ1n) is 7.66. The van der Waals surface area contributed by atoms with Crippen molar-refractivity contribution >= 4 is 17.7 Å². The molecule has 0 spiro atoms. The van der Waals surface area contributed by atoms with Gasteiger partial charge in [-0.1, -0.05) is 32.0 Å². The molecule has 0 aliphatic heterocycles. The molecule has 0 amide bonds. The second kappa shape index (κ2) is 8.89. The number of esters is 1. The largest absolute Gasteiger partial charge is 0.461 e. The van der Waals surface area contributed by atoms with Crippen molar-refractivity contribution < 1.29 is 9.53 Å². The number of anilines is 1. The summed E-state index contributed by atoms with van der Waals surface area (Å²) in [6.45, 7) is 10.1. The second-order valence-corrected chi connectivity index (χ2v) is 5.39. The predicted octanol–water partition coefficient (Wildman–Crippen LogP) is 3.64. The van der Waals surface area contributed by atoms with Crippen LogP contribution in [0, 0.1) is 17.2 Å². The van der Waals surface area contributed by atoms with E-state index in [-0.39, 0.29) is 11.5 Å². The van der Waals surface area contributed by atoms with Crippen LogP contribution >= 0.6 is 0 Å². The molecule has 118 valence electrons. The summed E-state index contributed by atoms with van der Waals surface area (Å²) in [7, 11) is 0. The lowest BCUT2D eigenvalue weighted by Gasteiger charge is -2.23. The van der Waals surface area contributed by atoms with Crippen molar-refractivity contribution in [1.82, 2.24) is 0 Å². The number of rotatable bonds is 7. The van der Waals surface area contributed by atoms with Gasteiger partial charge in [0.2, 0.25) is 0 Å². The standard InChI is InChI=1S/C18H24N2O2/c1-5-20(6-2)17-10-8-7-9-15(17)11-16(12-19)18(21)22-13-14(3)4/h7-11,14H,5-6,13H2,1-4H3. The first-order chi connectivity index (χ1) is 10.5. The van der Waals surface area contributed by atoms with Crippen molar-refractivity contribution in [2.75, 3.05) is 24.6 Å². The Bertz CT molecular complexity index is 567. The van der Waals surface area contributed by atoms with E-state index in [1.807, 2.05) is 44.2 Å². The lowest BCUT2D eigenvalue weighted by atomic mass is 10.1. The molecule has 0 aliphatic rings. The number of ether oxygens (including phenoxy) is 1. The van der Waals surface area contributed by atoms with E-state index in [0.717, 1.165) is 24.3 Å². The van der Waals surface area contributed by atoms with Gasteiger partial charge >= 0.3 is 5.97 Å². The molecule has 0 saturated heterocycles. The third-order valence-corrected chi connectivity index (χ3v) is 3.23. The van der Waals surface area contributed by atoms with Gasteiger partial charge in [-0.25, -0.2) is 4.79 Å². The fourth-order valence-corrected chi connectivity index (χ4v) is 2.07. The van der Waals surface area contributed by atoms with Crippen molar-refractivity contribution in [3.05, 3.63) is 35.4 Å². The lowest BCUT2D eigenvalue weighted by molar-refractivity contribution is -0.139. The lowest BCUT2D eigenvalue weighted by Crippen LogP contribution is -2.22. The first kappa shape index (κ1) is 17.8. The van der Waals surface area contributed by atoms with E-state index >= 15 is 0 Å². The Hall–Kier alpha value is -2.28. The fourth-order valence-electron chi connectivity index (χ4n) is 2.07. The molecule has 0 aromatic heterocycles. The topological polar surface area (TPSA) is 53.3 Å². The van der Waals surface area contributed by atoms with Crippen LogP contribution in [0.5, 0.6) is 0 Å². The van der Waals surface area contributed by atoms with Gasteiger partial charge in [0.25, 0.3) is 0 Å². The maximum Gasteiger partial charge on any atom is 0.348 e. The third kappa shape index (κ3) is 4.92. The molecule has 0 unspecified atom stereocenters. The molecule has 4 nitrogen and oxygen atoms in total. The highest BCUT2D eigenvalue weighted by molar-refractivity contribution is 5.98. The number of hydrogen-bond acceptors (Lipinski definition) is 4. The Kier molecular flexibility index (Phi) is 7.18. The predicted molar refractivity (Wildman–Crippen MR) is 89.4 cm³/mol. The molecule has 22 heavy (non-hydrogen) atoms. The summed E-state index contributed by atoms with van der Waals surface area (Å²) in [6, 6.07) is 9.69. The van der Waals surface area contributed by atoms with Gasteiger partial charge in [0, 0.05) is 18.8 Å². The molecule has 0 saturated carbocycles. The summed E-state index contributed by atoms with van der Waals surface area (Å²) in [5.41, 5.74) is 1.89. The summed E-state index contributed by atoms with van der Waals surface area (Å²) in [4.78, 5) is 14.2. The van der Waals surface area contributed by atoms with Gasteiger partial charge < -0.3 is 9.64 Å². The minimum atomic E-state index is -0.564. The van der Waals surface area contributed by atoms with Crippen LogP contribution in [0.15, 0.2) is 29.8 Å². The molecular weight excluding hydrogens is 276 g/mol. The molecular formula is C18H24N2O2. The van der Waals surface area contributed by atoms with Gasteiger partial charge in [-0.2, -0.15) is 5.26 Å². The van der Waals surface area contributed by atoms with E-state index in [4.69, 9.17) is 4.74 Å². The molecule has 0 atom stereocenters. The third-order valence-electron chi connectivity index (χ3n) is 3.23. The number of nitrogens with zero attached hydrogens (tertiary/aromatic N) is 2. The van der Waals surface area contributed by atoms with Crippen LogP contribution in [0.3, 0.4) is 0 Å². The molecule has 0 aliphatic carbocycles. The molecule has 1 aromatic carbocycles. The minimum Gasteiger partial charge on any atom is -0.461 e. The van der Waals surface area contributed by atoms with E-state index in [1.54, 1.807) is 6.08 Å². The molecule has 0 fully saturated rings. The Morgan fingerprint density at radius 1 is 1.32 bits per heavy atom. The zero-order valence-electron chi connectivity index (χ0n) is 13.8. The van der Waals surface area contributed by atoms with Crippen LogP contribution in [0.2, 0.25) is 0 Å². The fraction of sp³-hybridized carbons (Fsp3) is 0.444. The number of carbonyl (C=O) groups is 1. The SMILES string of the molecule is CCN(CC)c1ccccc1C=C(C#N)C(=O)OCC(C)C. The summed E-state index contributed by atoms with van der Waals surface area (Å²) in [6.07, 6.45) is 1.61. The van der Waals surface area contributed by atoms with Crippen molar-refractivity contribution in [1.29, 1.82) is 5.26 Å². The van der Waals surface area contributed by atoms with Crippen molar-refractivity contribution in [3.63, 3.8) is 0 Å². The molecule has 0 bridgehead atoms. The Balaban J connectivity index is 3.08. The first-order valence-corrected chi connectivity index (χ1v) is 7.66. The zero-order chi connectivity index (χ0) is 16.5. The van der Waals surface area contributed by atoms with Crippen LogP contribution < -0.4 is 4.90 Å². The Morgan fingerprint density at radius 2 is 1.95 bits per heavy atom. The number of hydrogen-bond donors (Lipinski definition) is 0. The van der Waals surface area contributed by atoms with Gasteiger partial charge in [0.05, 0.1) is 6.61 Å². The number of nitriles is 1. The van der Waals surface area contributed by atoms with Crippen LogP contribution in [0.25, 0.3) is 6.08 Å². The summed E-state index contributed by atoms with van der Waals surface area (Å²) >= 11 is 0. The molecule has 1 aromatic rings. The zero-order valence-corrected chi connectivity index (χ0v) is 13.8. The van der Waals surface area contributed by atoms with E-state index in [1.165, 1.54) is 0 Å². The number of benzene rings is 1. The maximum absolute atomic E-state index is 12.0. The van der Waals surface area contributed by atoms with Gasteiger partial charge in [-0.15, -0.1) is 0 Å². The number of carbonyl (C=O) groups excluding carboxylic acids is 1. The van der Waals surface area contributed by atoms with Crippen LogP contribution in [-0.4, -0.2) is 25.7 Å². The number of para-hydroxylation sites is 1. The van der Waals surface area contributed by atoms with Crippen LogP contribution in [0.4, 0.5) is 5.69 Å². The van der Waals surface area contributed by atoms with Gasteiger partial charge in [0.1, 0.15) is 11.6 Å². The monoisotopic (exact) mass is 300 g/mol. The highest BCUT2D eigenvalue weighted by Crippen LogP contribution is 2.23. The van der Waals surface area contributed by atoms with Gasteiger partial charge in [0.15, 0.2) is 0 Å². The van der Waals surface area contributed by atoms with E-state index in [2.05, 4.69) is 18.7 Å². The second-order valence-electron chi connectivity index (χ2n) is 5.39. The van der Waals surface area contributed by atoms with Crippen molar-refractivity contribution in [3.8, 4) is 6.07 Å². The normalized spacial score (nSPS) is 11.2. The highest BCUT2D eigenvalue weighted by Gasteiger charge is 2.13. The quantitative estimate of drug-likeness (QED) is 0.438. The summed E-state index contributed by atoms with van der Waals surface area (Å²) in [5, 5.41) is 9.23. The molecule has 0 heterocycles. The van der Waals surface area contributed by atoms with Crippen LogP contribution in [0.1, 0.15) is 33.3 Å². The maximum atomic E-state index is 12.0. The molecule has 0 radical (unpaired) electrons. The van der Waals surface area contributed by atoms with E-state index in [9.17, 15) is 10.1 Å². The van der Waals surface area contributed by atoms with Gasteiger partial charge in [-0.05, 0) is 37.5 Å².